The zero-order valence-electron chi connectivity index (χ0n) is 21.3. The maximum Gasteiger partial charge on any atom is 0.408 e. The van der Waals surface area contributed by atoms with Gasteiger partial charge in [0.2, 0.25) is 11.8 Å². The van der Waals surface area contributed by atoms with Crippen molar-refractivity contribution in [3.8, 4) is 0 Å². The first kappa shape index (κ1) is 26.7. The number of ether oxygens (including phenoxy) is 1. The van der Waals surface area contributed by atoms with E-state index in [0.29, 0.717) is 0 Å². The SMILES string of the molecule is Cc1cc(C)cc(C(C(=O)NC2CCCCC2)N(C(=O)CNC(=O)OC(C)(C)C)C(C)C)c1. The molecule has 0 heterocycles. The van der Waals surface area contributed by atoms with Crippen LogP contribution in [0.2, 0.25) is 0 Å². The molecule has 2 N–H and O–H groups in total. The third-order valence-electron chi connectivity index (χ3n) is 5.66. The summed E-state index contributed by atoms with van der Waals surface area (Å²) in [4.78, 5) is 40.6. The Morgan fingerprint density at radius 2 is 1.61 bits per heavy atom. The minimum absolute atomic E-state index is 0.128. The lowest BCUT2D eigenvalue weighted by molar-refractivity contribution is -0.142. The number of hydrogen-bond donors (Lipinski definition) is 2. The quantitative estimate of drug-likeness (QED) is 0.626. The van der Waals surface area contributed by atoms with Crippen molar-refractivity contribution in [3.63, 3.8) is 0 Å². The van der Waals surface area contributed by atoms with Crippen molar-refractivity contribution in [3.05, 3.63) is 34.9 Å². The highest BCUT2D eigenvalue weighted by Gasteiger charge is 2.35. The Morgan fingerprint density at radius 3 is 2.12 bits per heavy atom. The van der Waals surface area contributed by atoms with E-state index < -0.39 is 17.7 Å². The van der Waals surface area contributed by atoms with E-state index in [0.717, 1.165) is 42.4 Å². The number of rotatable bonds is 7. The molecule has 1 unspecified atom stereocenters. The van der Waals surface area contributed by atoms with Gasteiger partial charge in [0.05, 0.1) is 0 Å². The molecule has 3 amide bonds. The van der Waals surface area contributed by atoms with E-state index in [2.05, 4.69) is 10.6 Å². The molecule has 1 aliphatic rings. The average Bonchev–Trinajstić information content (AvgIpc) is 2.68. The lowest BCUT2D eigenvalue weighted by Crippen LogP contribution is -2.52. The van der Waals surface area contributed by atoms with E-state index in [1.807, 2.05) is 45.9 Å². The zero-order chi connectivity index (χ0) is 24.8. The van der Waals surface area contributed by atoms with Crippen LogP contribution in [0.15, 0.2) is 18.2 Å². The normalized spacial score (nSPS) is 15.6. The standard InChI is InChI=1S/C26H41N3O4/c1-17(2)29(22(30)16-27-25(32)33-26(5,6)7)23(20-14-18(3)13-19(4)15-20)24(31)28-21-11-9-8-10-12-21/h13-15,17,21,23H,8-12,16H2,1-7H3,(H,27,32)(H,28,31). The van der Waals surface area contributed by atoms with E-state index in [1.54, 1.807) is 25.7 Å². The Morgan fingerprint density at radius 1 is 1.03 bits per heavy atom. The minimum Gasteiger partial charge on any atom is -0.444 e. The van der Waals surface area contributed by atoms with Gasteiger partial charge >= 0.3 is 6.09 Å². The van der Waals surface area contributed by atoms with E-state index in [4.69, 9.17) is 4.74 Å². The lowest BCUT2D eigenvalue weighted by Gasteiger charge is -2.36. The number of amides is 3. The molecule has 1 aromatic rings. The van der Waals surface area contributed by atoms with Crippen LogP contribution in [-0.4, -0.2) is 47.0 Å². The number of hydrogen-bond acceptors (Lipinski definition) is 4. The molecule has 7 heteroatoms. The summed E-state index contributed by atoms with van der Waals surface area (Å²) < 4.78 is 5.25. The number of benzene rings is 1. The van der Waals surface area contributed by atoms with Crippen molar-refractivity contribution in [1.82, 2.24) is 15.5 Å². The van der Waals surface area contributed by atoms with Crippen molar-refractivity contribution in [1.29, 1.82) is 0 Å². The molecule has 0 bridgehead atoms. The highest BCUT2D eigenvalue weighted by atomic mass is 16.6. The monoisotopic (exact) mass is 459 g/mol. The Balaban J connectivity index is 2.30. The summed E-state index contributed by atoms with van der Waals surface area (Å²) >= 11 is 0. The van der Waals surface area contributed by atoms with Gasteiger partial charge in [-0.15, -0.1) is 0 Å². The van der Waals surface area contributed by atoms with Gasteiger partial charge in [-0.3, -0.25) is 9.59 Å². The molecular weight excluding hydrogens is 418 g/mol. The Kier molecular flexibility index (Phi) is 9.32. The van der Waals surface area contributed by atoms with Crippen molar-refractivity contribution >= 4 is 17.9 Å². The molecule has 0 radical (unpaired) electrons. The lowest BCUT2D eigenvalue weighted by atomic mass is 9.94. The summed E-state index contributed by atoms with van der Waals surface area (Å²) in [6.07, 6.45) is 4.66. The van der Waals surface area contributed by atoms with Crippen LogP contribution in [-0.2, 0) is 14.3 Å². The average molecular weight is 460 g/mol. The van der Waals surface area contributed by atoms with Crippen molar-refractivity contribution in [2.75, 3.05) is 6.54 Å². The van der Waals surface area contributed by atoms with E-state index in [9.17, 15) is 14.4 Å². The van der Waals surface area contributed by atoms with Crippen LogP contribution in [0.25, 0.3) is 0 Å². The van der Waals surface area contributed by atoms with Crippen LogP contribution in [0.4, 0.5) is 4.79 Å². The molecule has 1 atom stereocenters. The molecule has 0 aliphatic heterocycles. The maximum absolute atomic E-state index is 13.6. The fourth-order valence-electron chi connectivity index (χ4n) is 4.42. The summed E-state index contributed by atoms with van der Waals surface area (Å²) in [6.45, 7) is 12.8. The molecule has 1 aromatic carbocycles. The topological polar surface area (TPSA) is 87.7 Å². The van der Waals surface area contributed by atoms with Gasteiger partial charge in [-0.05, 0) is 66.9 Å². The molecular formula is C26H41N3O4. The molecule has 0 saturated heterocycles. The van der Waals surface area contributed by atoms with Gasteiger partial charge in [-0.1, -0.05) is 48.6 Å². The molecule has 184 valence electrons. The van der Waals surface area contributed by atoms with Crippen LogP contribution >= 0.6 is 0 Å². The van der Waals surface area contributed by atoms with E-state index >= 15 is 0 Å². The zero-order valence-corrected chi connectivity index (χ0v) is 21.3. The number of carbonyl (C=O) groups is 3. The van der Waals surface area contributed by atoms with E-state index in [1.165, 1.54) is 6.42 Å². The molecule has 33 heavy (non-hydrogen) atoms. The van der Waals surface area contributed by atoms with Crippen LogP contribution in [0.5, 0.6) is 0 Å². The smallest absolute Gasteiger partial charge is 0.408 e. The first-order valence-electron chi connectivity index (χ1n) is 12.0. The number of nitrogens with zero attached hydrogens (tertiary/aromatic N) is 1. The molecule has 1 fully saturated rings. The number of aryl methyl sites for hydroxylation is 2. The second-order valence-electron chi connectivity index (χ2n) is 10.4. The summed E-state index contributed by atoms with van der Waals surface area (Å²) in [7, 11) is 0. The number of alkyl carbamates (subject to hydrolysis) is 1. The first-order chi connectivity index (χ1) is 15.4. The molecule has 7 nitrogen and oxygen atoms in total. The fourth-order valence-corrected chi connectivity index (χ4v) is 4.42. The van der Waals surface area contributed by atoms with E-state index in [-0.39, 0.29) is 30.4 Å². The predicted octanol–water partition coefficient (Wildman–Crippen LogP) is 4.56. The van der Waals surface area contributed by atoms with Crippen LogP contribution in [0, 0.1) is 13.8 Å². The third kappa shape index (κ3) is 8.37. The van der Waals surface area contributed by atoms with Crippen molar-refractivity contribution < 1.29 is 19.1 Å². The van der Waals surface area contributed by atoms with Gasteiger partial charge in [-0.25, -0.2) is 4.79 Å². The number of nitrogens with one attached hydrogen (secondary N) is 2. The first-order valence-corrected chi connectivity index (χ1v) is 12.0. The largest absolute Gasteiger partial charge is 0.444 e. The second-order valence-corrected chi connectivity index (χ2v) is 10.4. The highest BCUT2D eigenvalue weighted by Crippen LogP contribution is 2.27. The molecule has 0 spiro atoms. The van der Waals surface area contributed by atoms with Crippen molar-refractivity contribution in [2.24, 2.45) is 0 Å². The molecule has 2 rings (SSSR count). The van der Waals surface area contributed by atoms with Crippen LogP contribution < -0.4 is 10.6 Å². The Bertz CT molecular complexity index is 818. The summed E-state index contributed by atoms with van der Waals surface area (Å²) in [5, 5.41) is 5.74. The van der Waals surface area contributed by atoms with Gasteiger partial charge in [-0.2, -0.15) is 0 Å². The van der Waals surface area contributed by atoms with Gasteiger partial charge in [0, 0.05) is 12.1 Å². The van der Waals surface area contributed by atoms with Gasteiger partial charge in [0.1, 0.15) is 18.2 Å². The molecule has 0 aromatic heterocycles. The summed E-state index contributed by atoms with van der Waals surface area (Å²) in [6, 6.07) is 5.07. The summed E-state index contributed by atoms with van der Waals surface area (Å²) in [5.41, 5.74) is 2.18. The van der Waals surface area contributed by atoms with Gasteiger partial charge < -0.3 is 20.3 Å². The predicted molar refractivity (Wildman–Crippen MR) is 130 cm³/mol. The summed E-state index contributed by atoms with van der Waals surface area (Å²) in [5.74, 6) is -0.509. The minimum atomic E-state index is -0.779. The maximum atomic E-state index is 13.6. The molecule has 1 saturated carbocycles. The Labute approximate surface area is 198 Å². The van der Waals surface area contributed by atoms with Crippen LogP contribution in [0.1, 0.15) is 89.5 Å². The molecule has 1 aliphatic carbocycles. The fraction of sp³-hybridized carbons (Fsp3) is 0.654. The second kappa shape index (κ2) is 11.5. The van der Waals surface area contributed by atoms with Gasteiger partial charge in [0.15, 0.2) is 0 Å². The van der Waals surface area contributed by atoms with Crippen LogP contribution in [0.3, 0.4) is 0 Å². The van der Waals surface area contributed by atoms with Crippen molar-refractivity contribution in [2.45, 2.75) is 104 Å². The Hall–Kier alpha value is -2.57. The number of carbonyl (C=O) groups excluding carboxylic acids is 3. The third-order valence-corrected chi connectivity index (χ3v) is 5.66. The highest BCUT2D eigenvalue weighted by molar-refractivity contribution is 5.90. The van der Waals surface area contributed by atoms with Gasteiger partial charge in [0.25, 0.3) is 0 Å².